The van der Waals surface area contributed by atoms with Crippen molar-refractivity contribution in [3.63, 3.8) is 0 Å². The molecule has 0 saturated heterocycles. The van der Waals surface area contributed by atoms with Gasteiger partial charge in [0.2, 0.25) is 0 Å². The topological polar surface area (TPSA) is 68.8 Å². The fraction of sp³-hybridized carbons (Fsp3) is 0.643. The van der Waals surface area contributed by atoms with Crippen LogP contribution in [0.3, 0.4) is 0 Å². The molecule has 1 N–H and O–H groups in total. The Kier molecular flexibility index (Phi) is 4.42. The monoisotopic (exact) mass is 277 g/mol. The number of anilines is 1. The molecule has 0 atom stereocenters. The zero-order valence-electron chi connectivity index (χ0n) is 12.7. The molecular formula is C14H23N5O. The lowest BCUT2D eigenvalue weighted by Crippen LogP contribution is -2.27. The van der Waals surface area contributed by atoms with E-state index in [-0.39, 0.29) is 0 Å². The van der Waals surface area contributed by atoms with E-state index in [0.29, 0.717) is 17.3 Å². The largest absolute Gasteiger partial charge is 0.403 e. The van der Waals surface area contributed by atoms with E-state index in [1.54, 1.807) is 10.9 Å². The smallest absolute Gasteiger partial charge is 0.315 e. The van der Waals surface area contributed by atoms with E-state index in [4.69, 9.17) is 4.42 Å². The van der Waals surface area contributed by atoms with Crippen LogP contribution < -0.4 is 5.32 Å². The predicted octanol–water partition coefficient (Wildman–Crippen LogP) is 3.10. The maximum atomic E-state index is 5.63. The quantitative estimate of drug-likeness (QED) is 0.842. The molecule has 110 valence electrons. The maximum absolute atomic E-state index is 5.63. The van der Waals surface area contributed by atoms with Crippen molar-refractivity contribution in [2.45, 2.75) is 40.0 Å². The van der Waals surface area contributed by atoms with Gasteiger partial charge in [-0.05, 0) is 24.7 Å². The minimum Gasteiger partial charge on any atom is -0.403 e. The number of hydrogen-bond donors (Lipinski definition) is 1. The third-order valence-electron chi connectivity index (χ3n) is 4.24. The van der Waals surface area contributed by atoms with Crippen molar-refractivity contribution < 1.29 is 4.42 Å². The summed E-state index contributed by atoms with van der Waals surface area (Å²) >= 11 is 0. The lowest BCUT2D eigenvalue weighted by Gasteiger charge is -2.30. The summed E-state index contributed by atoms with van der Waals surface area (Å²) in [6.07, 6.45) is 6.97. The average Bonchev–Trinajstić information content (AvgIpc) is 3.10. The standard InChI is InChI=1S/C14H23N5O/c1-5-14(6-2,7-3)10-15-13-18-17-12(20-13)11-8-16-19(4)9-11/h8-9H,5-7,10H2,1-4H3,(H,15,18). The van der Waals surface area contributed by atoms with Crippen molar-refractivity contribution in [2.24, 2.45) is 12.5 Å². The van der Waals surface area contributed by atoms with Gasteiger partial charge in [0.05, 0.1) is 11.8 Å². The van der Waals surface area contributed by atoms with E-state index >= 15 is 0 Å². The van der Waals surface area contributed by atoms with Crippen LogP contribution in [0.4, 0.5) is 6.01 Å². The summed E-state index contributed by atoms with van der Waals surface area (Å²) in [6, 6.07) is 0.476. The molecule has 2 rings (SSSR count). The van der Waals surface area contributed by atoms with Gasteiger partial charge in [0.15, 0.2) is 0 Å². The normalized spacial score (nSPS) is 11.8. The molecule has 0 unspecified atom stereocenters. The highest BCUT2D eigenvalue weighted by Gasteiger charge is 2.24. The molecule has 0 radical (unpaired) electrons. The van der Waals surface area contributed by atoms with Gasteiger partial charge >= 0.3 is 6.01 Å². The van der Waals surface area contributed by atoms with Crippen molar-refractivity contribution in [2.75, 3.05) is 11.9 Å². The number of rotatable bonds is 7. The number of nitrogens with one attached hydrogen (secondary N) is 1. The van der Waals surface area contributed by atoms with Gasteiger partial charge in [-0.15, -0.1) is 5.10 Å². The first-order chi connectivity index (χ1) is 9.62. The molecule has 2 aromatic heterocycles. The molecule has 6 heteroatoms. The molecule has 0 spiro atoms. The van der Waals surface area contributed by atoms with E-state index in [2.05, 4.69) is 41.4 Å². The summed E-state index contributed by atoms with van der Waals surface area (Å²) in [4.78, 5) is 0. The van der Waals surface area contributed by atoms with Crippen molar-refractivity contribution in [1.29, 1.82) is 0 Å². The third kappa shape index (κ3) is 3.00. The molecular weight excluding hydrogens is 254 g/mol. The second kappa shape index (κ2) is 6.07. The van der Waals surface area contributed by atoms with Gasteiger partial charge in [0.25, 0.3) is 5.89 Å². The van der Waals surface area contributed by atoms with Crippen LogP contribution in [0.2, 0.25) is 0 Å². The minimum atomic E-state index is 0.295. The molecule has 0 aliphatic rings. The highest BCUT2D eigenvalue weighted by molar-refractivity contribution is 5.50. The summed E-state index contributed by atoms with van der Waals surface area (Å²) in [5.74, 6) is 0.496. The first kappa shape index (κ1) is 14.6. The number of hydrogen-bond acceptors (Lipinski definition) is 5. The van der Waals surface area contributed by atoms with Crippen molar-refractivity contribution in [1.82, 2.24) is 20.0 Å². The minimum absolute atomic E-state index is 0.295. The Balaban J connectivity index is 2.03. The van der Waals surface area contributed by atoms with E-state index in [1.165, 1.54) is 0 Å². The summed E-state index contributed by atoms with van der Waals surface area (Å²) in [5.41, 5.74) is 1.13. The molecule has 0 bridgehead atoms. The average molecular weight is 277 g/mol. The Bertz CT molecular complexity index is 533. The Morgan fingerprint density at radius 2 is 1.90 bits per heavy atom. The van der Waals surface area contributed by atoms with Crippen molar-refractivity contribution in [3.05, 3.63) is 12.4 Å². The first-order valence-electron chi connectivity index (χ1n) is 7.19. The van der Waals surface area contributed by atoms with Gasteiger partial charge < -0.3 is 9.73 Å². The van der Waals surface area contributed by atoms with Crippen molar-refractivity contribution in [3.8, 4) is 11.5 Å². The second-order valence-electron chi connectivity index (χ2n) is 5.23. The zero-order valence-corrected chi connectivity index (χ0v) is 12.7. The molecule has 0 aliphatic carbocycles. The summed E-state index contributed by atoms with van der Waals surface area (Å²) in [5, 5.41) is 15.5. The molecule has 0 saturated carbocycles. The van der Waals surface area contributed by atoms with Gasteiger partial charge in [-0.1, -0.05) is 25.9 Å². The van der Waals surface area contributed by atoms with Gasteiger partial charge in [0.1, 0.15) is 0 Å². The second-order valence-corrected chi connectivity index (χ2v) is 5.23. The van der Waals surface area contributed by atoms with Gasteiger partial charge in [-0.25, -0.2) is 0 Å². The SMILES string of the molecule is CCC(CC)(CC)CNc1nnc(-c2cnn(C)c2)o1. The fourth-order valence-corrected chi connectivity index (χ4v) is 2.33. The lowest BCUT2D eigenvalue weighted by molar-refractivity contribution is 0.269. The molecule has 0 fully saturated rings. The summed E-state index contributed by atoms with van der Waals surface area (Å²) in [7, 11) is 1.86. The number of aromatic nitrogens is 4. The van der Waals surface area contributed by atoms with Crippen LogP contribution in [0.1, 0.15) is 40.0 Å². The lowest BCUT2D eigenvalue weighted by atomic mass is 9.80. The molecule has 6 nitrogen and oxygen atoms in total. The molecule has 0 amide bonds. The van der Waals surface area contributed by atoms with Crippen LogP contribution in [0, 0.1) is 5.41 Å². The Morgan fingerprint density at radius 3 is 2.45 bits per heavy atom. The van der Waals surface area contributed by atoms with Crippen molar-refractivity contribution >= 4 is 6.01 Å². The van der Waals surface area contributed by atoms with Crippen LogP contribution in [0.15, 0.2) is 16.8 Å². The Morgan fingerprint density at radius 1 is 1.20 bits per heavy atom. The first-order valence-corrected chi connectivity index (χ1v) is 7.19. The number of aryl methyl sites for hydroxylation is 1. The van der Waals surface area contributed by atoms with Crippen LogP contribution in [-0.4, -0.2) is 26.5 Å². The number of nitrogens with zero attached hydrogens (tertiary/aromatic N) is 4. The summed E-state index contributed by atoms with van der Waals surface area (Å²) < 4.78 is 7.34. The van der Waals surface area contributed by atoms with E-state index in [1.807, 2.05) is 13.2 Å². The summed E-state index contributed by atoms with van der Waals surface area (Å²) in [6.45, 7) is 7.53. The highest BCUT2D eigenvalue weighted by Crippen LogP contribution is 2.30. The van der Waals surface area contributed by atoms with Gasteiger partial charge in [-0.3, -0.25) is 4.68 Å². The van der Waals surface area contributed by atoms with E-state index in [0.717, 1.165) is 31.4 Å². The zero-order chi connectivity index (χ0) is 14.6. The predicted molar refractivity (Wildman–Crippen MR) is 78.3 cm³/mol. The maximum Gasteiger partial charge on any atom is 0.315 e. The van der Waals surface area contributed by atoms with Gasteiger partial charge in [-0.2, -0.15) is 5.10 Å². The molecule has 0 aromatic carbocycles. The molecule has 0 aliphatic heterocycles. The fourth-order valence-electron chi connectivity index (χ4n) is 2.33. The Hall–Kier alpha value is -1.85. The molecule has 20 heavy (non-hydrogen) atoms. The Labute approximate surface area is 119 Å². The van der Waals surface area contributed by atoms with Crippen LogP contribution in [0.25, 0.3) is 11.5 Å². The van der Waals surface area contributed by atoms with Crippen LogP contribution in [0.5, 0.6) is 0 Å². The van der Waals surface area contributed by atoms with Crippen LogP contribution >= 0.6 is 0 Å². The van der Waals surface area contributed by atoms with Crippen LogP contribution in [-0.2, 0) is 7.05 Å². The highest BCUT2D eigenvalue weighted by atomic mass is 16.4. The van der Waals surface area contributed by atoms with E-state index < -0.39 is 0 Å². The molecule has 2 aromatic rings. The van der Waals surface area contributed by atoms with E-state index in [9.17, 15) is 0 Å². The third-order valence-corrected chi connectivity index (χ3v) is 4.24. The van der Waals surface area contributed by atoms with Gasteiger partial charge in [0, 0.05) is 19.8 Å². The molecule has 2 heterocycles.